The number of amides is 2. The zero-order valence-corrected chi connectivity index (χ0v) is 16.4. The molecule has 0 aliphatic heterocycles. The van der Waals surface area contributed by atoms with E-state index in [1.54, 1.807) is 12.1 Å². The van der Waals surface area contributed by atoms with E-state index in [1.807, 2.05) is 39.0 Å². The quantitative estimate of drug-likeness (QED) is 0.850. The number of rotatable bonds is 5. The Hall–Kier alpha value is -2.53. The fourth-order valence-electron chi connectivity index (χ4n) is 2.64. The fourth-order valence-corrected chi connectivity index (χ4v) is 2.79. The van der Waals surface area contributed by atoms with Gasteiger partial charge in [-0.05, 0) is 49.6 Å². The normalized spacial score (nSPS) is 10.4. The predicted molar refractivity (Wildman–Crippen MR) is 105 cm³/mol. The molecule has 0 bridgehead atoms. The van der Waals surface area contributed by atoms with E-state index in [9.17, 15) is 9.59 Å². The van der Waals surface area contributed by atoms with Gasteiger partial charge in [0.2, 0.25) is 11.8 Å². The van der Waals surface area contributed by atoms with Gasteiger partial charge in [-0.15, -0.1) is 0 Å². The number of ether oxygens (including phenoxy) is 1. The van der Waals surface area contributed by atoms with Gasteiger partial charge in [-0.3, -0.25) is 9.59 Å². The summed E-state index contributed by atoms with van der Waals surface area (Å²) in [6.45, 7) is 7.05. The summed E-state index contributed by atoms with van der Waals surface area (Å²) in [5.41, 5.74) is 4.02. The Morgan fingerprint density at radius 1 is 1.12 bits per heavy atom. The highest BCUT2D eigenvalue weighted by atomic mass is 35.5. The van der Waals surface area contributed by atoms with Gasteiger partial charge in [0.1, 0.15) is 12.3 Å². The largest absolute Gasteiger partial charge is 0.495 e. The number of carbonyl (C=O) groups excluding carboxylic acids is 2. The van der Waals surface area contributed by atoms with Crippen molar-refractivity contribution in [1.29, 1.82) is 0 Å². The topological polar surface area (TPSA) is 58.6 Å². The number of aryl methyl sites for hydroxylation is 3. The van der Waals surface area contributed by atoms with Gasteiger partial charge in [0.25, 0.3) is 0 Å². The molecule has 6 heteroatoms. The lowest BCUT2D eigenvalue weighted by molar-refractivity contribution is -0.120. The van der Waals surface area contributed by atoms with Crippen LogP contribution in [-0.2, 0) is 9.59 Å². The third kappa shape index (κ3) is 4.55. The lowest BCUT2D eigenvalue weighted by Gasteiger charge is -2.23. The minimum absolute atomic E-state index is 0.0928. The molecule has 0 aliphatic carbocycles. The number of hydrogen-bond donors (Lipinski definition) is 1. The minimum Gasteiger partial charge on any atom is -0.495 e. The third-order valence-electron chi connectivity index (χ3n) is 4.09. The number of halogens is 1. The van der Waals surface area contributed by atoms with E-state index >= 15 is 0 Å². The van der Waals surface area contributed by atoms with Crippen molar-refractivity contribution < 1.29 is 14.3 Å². The van der Waals surface area contributed by atoms with Crippen LogP contribution in [0.5, 0.6) is 5.75 Å². The molecule has 0 saturated heterocycles. The summed E-state index contributed by atoms with van der Waals surface area (Å²) in [5, 5.41) is 3.36. The number of benzene rings is 2. The van der Waals surface area contributed by atoms with Crippen molar-refractivity contribution in [3.8, 4) is 5.75 Å². The maximum absolute atomic E-state index is 12.6. The summed E-state index contributed by atoms with van der Waals surface area (Å²) < 4.78 is 5.27. The predicted octanol–water partition coefficient (Wildman–Crippen LogP) is 4.27. The van der Waals surface area contributed by atoms with E-state index in [4.69, 9.17) is 16.3 Å². The Labute approximate surface area is 158 Å². The molecule has 138 valence electrons. The molecule has 0 spiro atoms. The number of carbonyl (C=O) groups is 2. The number of nitrogens with one attached hydrogen (secondary N) is 1. The highest BCUT2D eigenvalue weighted by Gasteiger charge is 2.19. The van der Waals surface area contributed by atoms with Crippen molar-refractivity contribution in [2.45, 2.75) is 27.7 Å². The summed E-state index contributed by atoms with van der Waals surface area (Å²) in [7, 11) is 1.51. The van der Waals surface area contributed by atoms with Crippen LogP contribution in [0.3, 0.4) is 0 Å². The van der Waals surface area contributed by atoms with Gasteiger partial charge in [0.15, 0.2) is 0 Å². The summed E-state index contributed by atoms with van der Waals surface area (Å²) in [4.78, 5) is 26.2. The van der Waals surface area contributed by atoms with E-state index in [2.05, 4.69) is 5.32 Å². The second-order valence-electron chi connectivity index (χ2n) is 6.24. The second kappa shape index (κ2) is 8.23. The van der Waals surface area contributed by atoms with Gasteiger partial charge in [-0.2, -0.15) is 0 Å². The molecule has 26 heavy (non-hydrogen) atoms. The lowest BCUT2D eigenvalue weighted by Crippen LogP contribution is -2.37. The molecule has 0 radical (unpaired) electrons. The minimum atomic E-state index is -0.318. The number of methoxy groups -OCH3 is 1. The molecule has 0 unspecified atom stereocenters. The molecule has 0 heterocycles. The Morgan fingerprint density at radius 3 is 2.42 bits per heavy atom. The Bertz CT molecular complexity index is 849. The molecule has 0 atom stereocenters. The van der Waals surface area contributed by atoms with Crippen molar-refractivity contribution in [3.63, 3.8) is 0 Å². The Kier molecular flexibility index (Phi) is 6.27. The van der Waals surface area contributed by atoms with Crippen molar-refractivity contribution in [2.75, 3.05) is 23.9 Å². The molecule has 2 rings (SSSR count). The van der Waals surface area contributed by atoms with Crippen molar-refractivity contribution in [3.05, 3.63) is 52.0 Å². The van der Waals surface area contributed by atoms with Crippen molar-refractivity contribution >= 4 is 34.8 Å². The zero-order chi connectivity index (χ0) is 19.4. The molecule has 1 N–H and O–H groups in total. The first-order valence-electron chi connectivity index (χ1n) is 8.22. The molecular formula is C20H23ClN2O3. The van der Waals surface area contributed by atoms with Crippen LogP contribution in [0.2, 0.25) is 5.02 Å². The first-order valence-corrected chi connectivity index (χ1v) is 8.60. The average molecular weight is 375 g/mol. The van der Waals surface area contributed by atoms with Crippen molar-refractivity contribution in [1.82, 2.24) is 0 Å². The lowest BCUT2D eigenvalue weighted by atomic mass is 10.1. The molecule has 2 amide bonds. The molecule has 5 nitrogen and oxygen atoms in total. The Balaban J connectivity index is 2.25. The third-order valence-corrected chi connectivity index (χ3v) is 4.50. The van der Waals surface area contributed by atoms with Crippen LogP contribution in [0.25, 0.3) is 0 Å². The monoisotopic (exact) mass is 374 g/mol. The maximum Gasteiger partial charge on any atom is 0.244 e. The number of anilines is 2. The van der Waals surface area contributed by atoms with Crippen LogP contribution in [0.15, 0.2) is 30.3 Å². The summed E-state index contributed by atoms with van der Waals surface area (Å²) in [6, 6.07) is 9.20. The van der Waals surface area contributed by atoms with Gasteiger partial charge in [-0.1, -0.05) is 23.7 Å². The van der Waals surface area contributed by atoms with Gasteiger partial charge in [-0.25, -0.2) is 0 Å². The summed E-state index contributed by atoms with van der Waals surface area (Å²) in [5.74, 6) is -0.0516. The van der Waals surface area contributed by atoms with Crippen LogP contribution in [0.4, 0.5) is 11.4 Å². The summed E-state index contributed by atoms with van der Waals surface area (Å²) >= 11 is 6.09. The standard InChI is InChI=1S/C20H23ClN2O3/c1-12-6-7-13(2)18(8-12)23(15(4)24)11-20(25)22-17-9-14(3)16(21)10-19(17)26-5/h6-10H,11H2,1-5H3,(H,22,25). The van der Waals surface area contributed by atoms with Gasteiger partial charge >= 0.3 is 0 Å². The van der Waals surface area contributed by atoms with Crippen LogP contribution < -0.4 is 15.0 Å². The highest BCUT2D eigenvalue weighted by molar-refractivity contribution is 6.31. The van der Waals surface area contributed by atoms with E-state index in [0.29, 0.717) is 16.5 Å². The van der Waals surface area contributed by atoms with E-state index in [-0.39, 0.29) is 18.4 Å². The first kappa shape index (κ1) is 19.8. The van der Waals surface area contributed by atoms with Crippen LogP contribution in [0, 0.1) is 20.8 Å². The molecule has 0 saturated carbocycles. The van der Waals surface area contributed by atoms with Gasteiger partial charge in [0.05, 0.1) is 12.8 Å². The van der Waals surface area contributed by atoms with E-state index in [0.717, 1.165) is 22.4 Å². The fraction of sp³-hybridized carbons (Fsp3) is 0.300. The van der Waals surface area contributed by atoms with Crippen molar-refractivity contribution in [2.24, 2.45) is 0 Å². The van der Waals surface area contributed by atoms with E-state index in [1.165, 1.54) is 18.9 Å². The van der Waals surface area contributed by atoms with E-state index < -0.39 is 0 Å². The Morgan fingerprint density at radius 2 is 1.81 bits per heavy atom. The maximum atomic E-state index is 12.6. The average Bonchev–Trinajstić information content (AvgIpc) is 2.58. The second-order valence-corrected chi connectivity index (χ2v) is 6.65. The number of hydrogen-bond acceptors (Lipinski definition) is 3. The smallest absolute Gasteiger partial charge is 0.244 e. The van der Waals surface area contributed by atoms with Gasteiger partial charge in [0, 0.05) is 23.7 Å². The van der Waals surface area contributed by atoms with Crippen LogP contribution in [-0.4, -0.2) is 25.5 Å². The highest BCUT2D eigenvalue weighted by Crippen LogP contribution is 2.31. The van der Waals surface area contributed by atoms with Crippen LogP contribution >= 0.6 is 11.6 Å². The molecule has 0 fully saturated rings. The first-order chi connectivity index (χ1) is 12.2. The zero-order valence-electron chi connectivity index (χ0n) is 15.6. The SMILES string of the molecule is COc1cc(Cl)c(C)cc1NC(=O)CN(C(C)=O)c1cc(C)ccc1C. The van der Waals surface area contributed by atoms with Gasteiger partial charge < -0.3 is 15.0 Å². The van der Waals surface area contributed by atoms with Crippen LogP contribution in [0.1, 0.15) is 23.6 Å². The molecule has 2 aromatic carbocycles. The molecule has 0 aromatic heterocycles. The summed E-state index contributed by atoms with van der Waals surface area (Å²) in [6.07, 6.45) is 0. The number of nitrogens with zero attached hydrogens (tertiary/aromatic N) is 1. The molecular weight excluding hydrogens is 352 g/mol. The molecule has 0 aliphatic rings. The molecule has 2 aromatic rings.